The van der Waals surface area contributed by atoms with Gasteiger partial charge in [0.15, 0.2) is 0 Å². The van der Waals surface area contributed by atoms with Crippen LogP contribution in [-0.4, -0.2) is 41.4 Å². The van der Waals surface area contributed by atoms with Gasteiger partial charge in [-0.1, -0.05) is 50.2 Å². The highest BCUT2D eigenvalue weighted by molar-refractivity contribution is 7.89. The SMILES string of the molecule is CCN(CC)S(=O)(=O)c1ccc(-c2csc(N3N=C(c4cccc([N+](=O)[O-])c4)CC3c3ccc(F)cc3)n2)cc1. The van der Waals surface area contributed by atoms with Gasteiger partial charge in [0.1, 0.15) is 5.82 Å². The molecule has 5 rings (SSSR count). The first-order chi connectivity index (χ1) is 19.2. The summed E-state index contributed by atoms with van der Waals surface area (Å²) in [5.41, 5.74) is 3.49. The summed E-state index contributed by atoms with van der Waals surface area (Å²) in [7, 11) is -3.57. The van der Waals surface area contributed by atoms with Crippen LogP contribution in [0.1, 0.15) is 37.4 Å². The predicted octanol–water partition coefficient (Wildman–Crippen LogP) is 6.24. The largest absolute Gasteiger partial charge is 0.270 e. The Labute approximate surface area is 235 Å². The number of nitro groups is 1. The fraction of sp³-hybridized carbons (Fsp3) is 0.214. The summed E-state index contributed by atoms with van der Waals surface area (Å²) in [4.78, 5) is 15.9. The van der Waals surface area contributed by atoms with Gasteiger partial charge < -0.3 is 0 Å². The zero-order chi connectivity index (χ0) is 28.4. The van der Waals surface area contributed by atoms with E-state index in [1.165, 1.54) is 39.9 Å². The molecule has 0 fully saturated rings. The number of nitrogens with zero attached hydrogens (tertiary/aromatic N) is 5. The Morgan fingerprint density at radius 1 is 1.05 bits per heavy atom. The Hall–Kier alpha value is -4.00. The first-order valence-electron chi connectivity index (χ1n) is 12.6. The van der Waals surface area contributed by atoms with E-state index in [9.17, 15) is 22.9 Å². The topological polar surface area (TPSA) is 109 Å². The van der Waals surface area contributed by atoms with Gasteiger partial charge >= 0.3 is 0 Å². The molecule has 0 spiro atoms. The first kappa shape index (κ1) is 27.6. The summed E-state index contributed by atoms with van der Waals surface area (Å²) in [6.07, 6.45) is 0.444. The maximum Gasteiger partial charge on any atom is 0.270 e. The van der Waals surface area contributed by atoms with Gasteiger partial charge in [-0.2, -0.15) is 9.41 Å². The van der Waals surface area contributed by atoms with Crippen molar-refractivity contribution < 1.29 is 17.7 Å². The molecule has 1 aliphatic rings. The van der Waals surface area contributed by atoms with E-state index in [4.69, 9.17) is 10.1 Å². The van der Waals surface area contributed by atoms with E-state index < -0.39 is 14.9 Å². The Morgan fingerprint density at radius 2 is 1.75 bits per heavy atom. The summed E-state index contributed by atoms with van der Waals surface area (Å²) in [5.74, 6) is -0.351. The molecule has 1 aliphatic heterocycles. The number of hydrogen-bond donors (Lipinski definition) is 0. The highest BCUT2D eigenvalue weighted by Crippen LogP contribution is 2.40. The maximum absolute atomic E-state index is 13.7. The lowest BCUT2D eigenvalue weighted by Crippen LogP contribution is -2.30. The van der Waals surface area contributed by atoms with Crippen molar-refractivity contribution in [3.63, 3.8) is 0 Å². The molecule has 0 aliphatic carbocycles. The molecule has 206 valence electrons. The van der Waals surface area contributed by atoms with Crippen LogP contribution in [0.5, 0.6) is 0 Å². The van der Waals surface area contributed by atoms with Gasteiger partial charge in [-0.15, -0.1) is 11.3 Å². The van der Waals surface area contributed by atoms with E-state index in [1.54, 1.807) is 67.4 Å². The second kappa shape index (κ2) is 11.2. The molecule has 4 aromatic rings. The Kier molecular flexibility index (Phi) is 7.74. The molecule has 0 radical (unpaired) electrons. The molecular weight excluding hydrogens is 553 g/mol. The van der Waals surface area contributed by atoms with Crippen molar-refractivity contribution >= 4 is 37.9 Å². The second-order valence-electron chi connectivity index (χ2n) is 9.10. The minimum Gasteiger partial charge on any atom is -0.258 e. The minimum absolute atomic E-state index is 0.0278. The zero-order valence-corrected chi connectivity index (χ0v) is 23.4. The number of hydrogen-bond acceptors (Lipinski definition) is 8. The average molecular weight is 580 g/mol. The van der Waals surface area contributed by atoms with Crippen molar-refractivity contribution in [2.45, 2.75) is 31.2 Å². The van der Waals surface area contributed by atoms with E-state index in [0.29, 0.717) is 41.6 Å². The Balaban J connectivity index is 1.48. The van der Waals surface area contributed by atoms with E-state index in [0.717, 1.165) is 11.1 Å². The molecule has 3 aromatic carbocycles. The molecule has 2 heterocycles. The molecule has 40 heavy (non-hydrogen) atoms. The number of thiazole rings is 1. The first-order valence-corrected chi connectivity index (χ1v) is 15.0. The fourth-order valence-electron chi connectivity index (χ4n) is 4.62. The number of sulfonamides is 1. The number of rotatable bonds is 9. The van der Waals surface area contributed by atoms with E-state index in [1.807, 2.05) is 5.38 Å². The maximum atomic E-state index is 13.7. The third-order valence-corrected chi connectivity index (χ3v) is 9.63. The number of benzene rings is 3. The fourth-order valence-corrected chi connectivity index (χ4v) is 6.91. The van der Waals surface area contributed by atoms with Crippen molar-refractivity contribution in [2.24, 2.45) is 5.10 Å². The zero-order valence-electron chi connectivity index (χ0n) is 21.8. The highest BCUT2D eigenvalue weighted by atomic mass is 32.2. The monoisotopic (exact) mass is 579 g/mol. The number of aromatic nitrogens is 1. The van der Waals surface area contributed by atoms with Gasteiger partial charge in [-0.05, 0) is 29.8 Å². The van der Waals surface area contributed by atoms with Crippen LogP contribution in [0.4, 0.5) is 15.2 Å². The van der Waals surface area contributed by atoms with Crippen LogP contribution >= 0.6 is 11.3 Å². The molecule has 1 aromatic heterocycles. The van der Waals surface area contributed by atoms with Crippen molar-refractivity contribution in [1.29, 1.82) is 0 Å². The van der Waals surface area contributed by atoms with Crippen LogP contribution in [0.25, 0.3) is 11.3 Å². The Bertz CT molecular complexity index is 1670. The van der Waals surface area contributed by atoms with E-state index in [2.05, 4.69) is 0 Å². The molecule has 0 saturated carbocycles. The van der Waals surface area contributed by atoms with Gasteiger partial charge in [0.25, 0.3) is 5.69 Å². The molecule has 0 N–H and O–H groups in total. The summed E-state index contributed by atoms with van der Waals surface area (Å²) < 4.78 is 40.8. The average Bonchev–Trinajstić information content (AvgIpc) is 3.62. The van der Waals surface area contributed by atoms with Crippen molar-refractivity contribution in [1.82, 2.24) is 9.29 Å². The van der Waals surface area contributed by atoms with Crippen LogP contribution in [0.3, 0.4) is 0 Å². The van der Waals surface area contributed by atoms with Gasteiger partial charge in [0.2, 0.25) is 15.2 Å². The van der Waals surface area contributed by atoms with Crippen LogP contribution in [-0.2, 0) is 10.0 Å². The molecular formula is C28H26FN5O4S2. The molecule has 1 atom stereocenters. The van der Waals surface area contributed by atoms with Gasteiger partial charge in [-0.3, -0.25) is 10.1 Å². The van der Waals surface area contributed by atoms with Crippen LogP contribution in [0.2, 0.25) is 0 Å². The molecule has 12 heteroatoms. The number of halogens is 1. The number of hydrazone groups is 1. The molecule has 9 nitrogen and oxygen atoms in total. The molecule has 0 saturated heterocycles. The number of non-ortho nitro benzene ring substituents is 1. The summed E-state index contributed by atoms with van der Waals surface area (Å²) in [5, 5.41) is 20.3. The number of anilines is 1. The second-order valence-corrected chi connectivity index (χ2v) is 11.9. The predicted molar refractivity (Wildman–Crippen MR) is 154 cm³/mol. The normalized spacial score (nSPS) is 15.4. The number of nitro benzene ring substituents is 1. The molecule has 1 unspecified atom stereocenters. The van der Waals surface area contributed by atoms with Crippen LogP contribution < -0.4 is 5.01 Å². The summed E-state index contributed by atoms with van der Waals surface area (Å²) in [6, 6.07) is 18.8. The Morgan fingerprint density at radius 3 is 2.40 bits per heavy atom. The van der Waals surface area contributed by atoms with Gasteiger partial charge in [0, 0.05) is 48.2 Å². The lowest BCUT2D eigenvalue weighted by molar-refractivity contribution is -0.384. The lowest BCUT2D eigenvalue weighted by Gasteiger charge is -2.21. The molecule has 0 bridgehead atoms. The van der Waals surface area contributed by atoms with E-state index in [-0.39, 0.29) is 22.4 Å². The van der Waals surface area contributed by atoms with Crippen molar-refractivity contribution in [3.05, 3.63) is 105 Å². The summed E-state index contributed by atoms with van der Waals surface area (Å²) in [6.45, 7) is 4.38. The standard InChI is InChI=1S/C28H26FN5O4S2/c1-3-32(4-2)40(37,38)24-14-10-19(11-15-24)26-18-39-28(30-26)33-27(20-8-12-22(29)13-9-20)17-25(31-33)21-6-5-7-23(16-21)34(35)36/h5-16,18,27H,3-4,17H2,1-2H3. The van der Waals surface area contributed by atoms with Crippen molar-refractivity contribution in [3.8, 4) is 11.3 Å². The quantitative estimate of drug-likeness (QED) is 0.171. The van der Waals surface area contributed by atoms with Gasteiger partial charge in [-0.25, -0.2) is 22.8 Å². The van der Waals surface area contributed by atoms with Crippen LogP contribution in [0.15, 0.2) is 88.2 Å². The lowest BCUT2D eigenvalue weighted by atomic mass is 9.98. The third-order valence-electron chi connectivity index (χ3n) is 6.74. The third kappa shape index (κ3) is 5.37. The van der Waals surface area contributed by atoms with Gasteiger partial charge in [0.05, 0.1) is 27.3 Å². The van der Waals surface area contributed by atoms with Crippen molar-refractivity contribution in [2.75, 3.05) is 18.1 Å². The van der Waals surface area contributed by atoms with Crippen LogP contribution in [0, 0.1) is 15.9 Å². The minimum atomic E-state index is -3.57. The summed E-state index contributed by atoms with van der Waals surface area (Å²) >= 11 is 1.37. The highest BCUT2D eigenvalue weighted by Gasteiger charge is 2.32. The smallest absolute Gasteiger partial charge is 0.258 e. The van der Waals surface area contributed by atoms with E-state index >= 15 is 0 Å². The molecule has 0 amide bonds.